The van der Waals surface area contributed by atoms with Crippen LogP contribution in [0.2, 0.25) is 0 Å². The monoisotopic (exact) mass is 81.0 g/mol. The van der Waals surface area contributed by atoms with Gasteiger partial charge in [0.25, 0.3) is 0 Å². The van der Waals surface area contributed by atoms with Crippen LogP contribution in [0.5, 0.6) is 0 Å². The standard InChI is InChI=1S/CHBN4/c2-1-3-5-6-4-1/h1H/p+1. The van der Waals surface area contributed by atoms with E-state index in [1.54, 1.807) is 0 Å². The Balaban J connectivity index is 0.000000360. The molecule has 0 saturated heterocycles. The van der Waals surface area contributed by atoms with Crippen molar-refractivity contribution in [3.05, 3.63) is 0 Å². The van der Waals surface area contributed by atoms with E-state index in [0.717, 1.165) is 0 Å². The molecule has 5 heteroatoms. The van der Waals surface area contributed by atoms with Gasteiger partial charge in [-0.3, -0.25) is 0 Å². The van der Waals surface area contributed by atoms with Crippen LogP contribution in [0.15, 0.2) is 20.7 Å². The summed E-state index contributed by atoms with van der Waals surface area (Å²) in [6.45, 7) is 0. The smallest absolute Gasteiger partial charge is 0.149 e. The molecule has 0 aromatic heterocycles. The van der Waals surface area contributed by atoms with Crippen molar-refractivity contribution in [3.8, 4) is 0 Å². The minimum absolute atomic E-state index is 0. The molecule has 0 aliphatic carbocycles. The average Bonchev–Trinajstić information content (AvgIpc) is 1.86. The molecule has 1 aliphatic rings. The molecular formula is CH2BN4+. The summed E-state index contributed by atoms with van der Waals surface area (Å²) in [6.07, 6.45) is 0. The zero-order valence-corrected chi connectivity index (χ0v) is 2.94. The highest BCUT2D eigenvalue weighted by molar-refractivity contribution is 6.11. The number of rotatable bonds is 0. The SMILES string of the molecule is [B]C1N=NN=N1.[H+]. The molecule has 0 aromatic rings. The fraction of sp³-hybridized carbons (Fsp3) is 1.00. The Morgan fingerprint density at radius 2 is 1.83 bits per heavy atom. The normalized spacial score (nSPS) is 20.0. The summed E-state index contributed by atoms with van der Waals surface area (Å²) in [7, 11) is 5.01. The lowest BCUT2D eigenvalue weighted by atomic mass is 10.1. The van der Waals surface area contributed by atoms with E-state index in [-0.39, 0.29) is 1.43 Å². The topological polar surface area (TPSA) is 49.4 Å². The van der Waals surface area contributed by atoms with Crippen LogP contribution in [0.3, 0.4) is 0 Å². The van der Waals surface area contributed by atoms with Gasteiger partial charge in [0.15, 0.2) is 0 Å². The molecule has 0 atom stereocenters. The molecule has 1 heterocycles. The lowest BCUT2D eigenvalue weighted by Gasteiger charge is -1.77. The second kappa shape index (κ2) is 1.16. The number of nitrogens with zero attached hydrogens (tertiary/aromatic N) is 4. The minimum Gasteiger partial charge on any atom is -0.149 e. The van der Waals surface area contributed by atoms with Crippen molar-refractivity contribution in [2.45, 2.75) is 6.07 Å². The second-order valence-corrected chi connectivity index (χ2v) is 0.823. The van der Waals surface area contributed by atoms with E-state index in [2.05, 4.69) is 20.7 Å². The van der Waals surface area contributed by atoms with Gasteiger partial charge in [0.2, 0.25) is 0 Å². The summed E-state index contributed by atoms with van der Waals surface area (Å²) in [5.41, 5.74) is 0. The minimum atomic E-state index is -0.537. The van der Waals surface area contributed by atoms with Gasteiger partial charge in [0, 0.05) is 0 Å². The molecule has 28 valence electrons. The Morgan fingerprint density at radius 1 is 1.33 bits per heavy atom. The predicted molar refractivity (Wildman–Crippen MR) is 20.4 cm³/mol. The molecule has 0 spiro atoms. The van der Waals surface area contributed by atoms with E-state index < -0.39 is 6.07 Å². The van der Waals surface area contributed by atoms with Crippen molar-refractivity contribution in [2.75, 3.05) is 0 Å². The van der Waals surface area contributed by atoms with Crippen molar-refractivity contribution in [3.63, 3.8) is 0 Å². The van der Waals surface area contributed by atoms with Crippen molar-refractivity contribution in [2.24, 2.45) is 20.7 Å². The van der Waals surface area contributed by atoms with Gasteiger partial charge in [0.05, 0.1) is 0 Å². The first-order chi connectivity index (χ1) is 2.89. The molecule has 1 aliphatic heterocycles. The summed E-state index contributed by atoms with van der Waals surface area (Å²) in [6, 6.07) is -0.537. The Morgan fingerprint density at radius 3 is 2.00 bits per heavy atom. The van der Waals surface area contributed by atoms with E-state index in [9.17, 15) is 0 Å². The zero-order chi connectivity index (χ0) is 4.41. The predicted octanol–water partition coefficient (Wildman–Crippen LogP) is 0.384. The highest BCUT2D eigenvalue weighted by Crippen LogP contribution is 1.97. The Kier molecular flexibility index (Phi) is 0.667. The maximum Gasteiger partial charge on any atom is 1.00 e. The Hall–Kier alpha value is -0.735. The number of hydrogen-bond donors (Lipinski definition) is 0. The van der Waals surface area contributed by atoms with Crippen LogP contribution >= 0.6 is 0 Å². The van der Waals surface area contributed by atoms with Crippen LogP contribution < -0.4 is 0 Å². The van der Waals surface area contributed by atoms with Gasteiger partial charge in [0.1, 0.15) is 13.9 Å². The first-order valence-electron chi connectivity index (χ1n) is 1.45. The first kappa shape index (κ1) is 3.45. The summed E-state index contributed by atoms with van der Waals surface area (Å²) < 4.78 is 0. The molecule has 6 heavy (non-hydrogen) atoms. The third-order valence-corrected chi connectivity index (χ3v) is 0.380. The van der Waals surface area contributed by atoms with Crippen LogP contribution in [0.25, 0.3) is 0 Å². The van der Waals surface area contributed by atoms with Gasteiger partial charge < -0.3 is 0 Å². The molecule has 0 N–H and O–H groups in total. The Labute approximate surface area is 37.2 Å². The summed E-state index contributed by atoms with van der Waals surface area (Å²) in [5, 5.41) is 12.9. The lowest BCUT2D eigenvalue weighted by Crippen LogP contribution is -1.90. The molecule has 0 fully saturated rings. The van der Waals surface area contributed by atoms with Gasteiger partial charge in [-0.25, -0.2) is 0 Å². The van der Waals surface area contributed by atoms with E-state index in [1.165, 1.54) is 0 Å². The van der Waals surface area contributed by atoms with Crippen molar-refractivity contribution >= 4 is 7.85 Å². The van der Waals surface area contributed by atoms with Crippen LogP contribution in [-0.4, -0.2) is 13.9 Å². The molecule has 0 bridgehead atoms. The van der Waals surface area contributed by atoms with Crippen molar-refractivity contribution in [1.82, 2.24) is 0 Å². The van der Waals surface area contributed by atoms with E-state index >= 15 is 0 Å². The fourth-order valence-corrected chi connectivity index (χ4v) is 0.175. The molecule has 0 amide bonds. The second-order valence-electron chi connectivity index (χ2n) is 0.823. The molecule has 2 radical (unpaired) electrons. The lowest BCUT2D eigenvalue weighted by molar-refractivity contribution is 0.953. The highest BCUT2D eigenvalue weighted by Gasteiger charge is 1.95. The Bertz CT molecular complexity index is 87.9. The van der Waals surface area contributed by atoms with E-state index in [0.29, 0.717) is 0 Å². The third-order valence-electron chi connectivity index (χ3n) is 0.380. The maximum absolute atomic E-state index is 5.01. The zero-order valence-electron chi connectivity index (χ0n) is 3.94. The molecule has 0 saturated carbocycles. The average molecular weight is 80.9 g/mol. The van der Waals surface area contributed by atoms with E-state index in [4.69, 9.17) is 7.85 Å². The van der Waals surface area contributed by atoms with Crippen LogP contribution in [0, 0.1) is 0 Å². The van der Waals surface area contributed by atoms with Crippen LogP contribution in [0.4, 0.5) is 0 Å². The summed E-state index contributed by atoms with van der Waals surface area (Å²) in [5.74, 6) is 0. The molecule has 0 aromatic carbocycles. The van der Waals surface area contributed by atoms with E-state index in [1.807, 2.05) is 0 Å². The van der Waals surface area contributed by atoms with Gasteiger partial charge in [-0.05, 0) is 10.4 Å². The molecule has 0 unspecified atom stereocenters. The first-order valence-corrected chi connectivity index (χ1v) is 1.45. The van der Waals surface area contributed by atoms with Gasteiger partial charge in [-0.15, -0.1) is 10.2 Å². The van der Waals surface area contributed by atoms with Crippen molar-refractivity contribution in [1.29, 1.82) is 0 Å². The molecule has 1 rings (SSSR count). The van der Waals surface area contributed by atoms with Gasteiger partial charge in [-0.1, -0.05) is 0 Å². The molecular weight excluding hydrogens is 78.9 g/mol. The highest BCUT2D eigenvalue weighted by atomic mass is 15.5. The third kappa shape index (κ3) is 0.427. The molecule has 4 nitrogen and oxygen atoms in total. The van der Waals surface area contributed by atoms with Crippen molar-refractivity contribution < 1.29 is 1.43 Å². The number of hydrogen-bond acceptors (Lipinski definition) is 4. The maximum atomic E-state index is 5.01. The summed E-state index contributed by atoms with van der Waals surface area (Å²) >= 11 is 0. The largest absolute Gasteiger partial charge is 1.00 e. The van der Waals surface area contributed by atoms with Gasteiger partial charge in [-0.2, -0.15) is 0 Å². The summed E-state index contributed by atoms with van der Waals surface area (Å²) in [4.78, 5) is 0. The van der Waals surface area contributed by atoms with Gasteiger partial charge >= 0.3 is 1.43 Å². The van der Waals surface area contributed by atoms with Crippen LogP contribution in [-0.2, 0) is 0 Å². The quantitative estimate of drug-likeness (QED) is 0.378. The fourth-order valence-electron chi connectivity index (χ4n) is 0.175. The van der Waals surface area contributed by atoms with Crippen LogP contribution in [0.1, 0.15) is 1.43 Å².